The first-order valence-corrected chi connectivity index (χ1v) is 6.89. The number of hydrogen-bond donors (Lipinski definition) is 2. The lowest BCUT2D eigenvalue weighted by molar-refractivity contribution is -0.138. The predicted molar refractivity (Wildman–Crippen MR) is 70.1 cm³/mol. The van der Waals surface area contributed by atoms with E-state index in [1.165, 1.54) is 0 Å². The maximum atomic E-state index is 11.8. The molecular weight excluding hydrogens is 230 g/mol. The third kappa shape index (κ3) is 5.52. The Bertz CT molecular complexity index is 297. The number of aliphatic carboxylic acids is 1. The fourth-order valence-electron chi connectivity index (χ4n) is 2.37. The van der Waals surface area contributed by atoms with Crippen LogP contribution in [0.4, 0.5) is 0 Å². The van der Waals surface area contributed by atoms with Gasteiger partial charge in [0, 0.05) is 18.9 Å². The lowest BCUT2D eigenvalue weighted by atomic mass is 9.94. The third-order valence-corrected chi connectivity index (χ3v) is 3.58. The molecule has 0 radical (unpaired) electrons. The van der Waals surface area contributed by atoms with Crippen LogP contribution in [0, 0.1) is 23.7 Å². The van der Waals surface area contributed by atoms with Gasteiger partial charge in [0.15, 0.2) is 0 Å². The summed E-state index contributed by atoms with van der Waals surface area (Å²) in [6, 6.07) is 0. The normalized spacial score (nSPS) is 18.4. The number of hydrogen-bond acceptors (Lipinski definition) is 2. The van der Waals surface area contributed by atoms with Crippen LogP contribution in [0.5, 0.6) is 0 Å². The Hall–Kier alpha value is -1.06. The molecule has 1 amide bonds. The Kier molecular flexibility index (Phi) is 5.63. The van der Waals surface area contributed by atoms with Crippen molar-refractivity contribution < 1.29 is 14.7 Å². The molecular formula is C14H25NO3. The predicted octanol–water partition coefficient (Wildman–Crippen LogP) is 2.29. The maximum absolute atomic E-state index is 11.8. The summed E-state index contributed by atoms with van der Waals surface area (Å²) in [4.78, 5) is 22.6. The van der Waals surface area contributed by atoms with Crippen LogP contribution in [0.15, 0.2) is 0 Å². The van der Waals surface area contributed by atoms with Crippen LogP contribution in [0.1, 0.15) is 46.5 Å². The van der Waals surface area contributed by atoms with Gasteiger partial charge in [-0.1, -0.05) is 20.8 Å². The van der Waals surface area contributed by atoms with Crippen molar-refractivity contribution in [2.45, 2.75) is 46.5 Å². The van der Waals surface area contributed by atoms with Gasteiger partial charge in [0.1, 0.15) is 0 Å². The highest BCUT2D eigenvalue weighted by Crippen LogP contribution is 2.36. The molecule has 4 nitrogen and oxygen atoms in total. The lowest BCUT2D eigenvalue weighted by Gasteiger charge is -2.19. The van der Waals surface area contributed by atoms with Gasteiger partial charge in [-0.05, 0) is 37.0 Å². The average molecular weight is 255 g/mol. The van der Waals surface area contributed by atoms with E-state index in [0.717, 1.165) is 19.3 Å². The smallest absolute Gasteiger partial charge is 0.303 e. The van der Waals surface area contributed by atoms with Gasteiger partial charge in [-0.15, -0.1) is 0 Å². The minimum atomic E-state index is -0.787. The standard InChI is InChI=1S/C14H25NO3/c1-9(2)6-11(7-13(16)17)8-15-14(18)10(3)12-4-5-12/h9-12H,4-8H2,1-3H3,(H,15,18)(H,16,17). The van der Waals surface area contributed by atoms with E-state index in [-0.39, 0.29) is 24.2 Å². The van der Waals surface area contributed by atoms with Gasteiger partial charge in [0.05, 0.1) is 0 Å². The van der Waals surface area contributed by atoms with Gasteiger partial charge in [0.2, 0.25) is 5.91 Å². The molecule has 1 rings (SSSR count). The summed E-state index contributed by atoms with van der Waals surface area (Å²) in [5.74, 6) is 0.411. The van der Waals surface area contributed by atoms with Gasteiger partial charge >= 0.3 is 5.97 Å². The molecule has 0 heterocycles. The van der Waals surface area contributed by atoms with Crippen molar-refractivity contribution >= 4 is 11.9 Å². The average Bonchev–Trinajstić information content (AvgIpc) is 3.06. The van der Waals surface area contributed by atoms with Crippen LogP contribution in [-0.2, 0) is 9.59 Å². The maximum Gasteiger partial charge on any atom is 0.303 e. The number of carboxylic acids is 1. The van der Waals surface area contributed by atoms with E-state index in [1.54, 1.807) is 0 Å². The zero-order chi connectivity index (χ0) is 13.7. The van der Waals surface area contributed by atoms with Crippen LogP contribution >= 0.6 is 0 Å². The zero-order valence-electron chi connectivity index (χ0n) is 11.6. The summed E-state index contributed by atoms with van der Waals surface area (Å²) in [7, 11) is 0. The van der Waals surface area contributed by atoms with Crippen molar-refractivity contribution in [1.82, 2.24) is 5.32 Å². The first-order valence-electron chi connectivity index (χ1n) is 6.89. The molecule has 1 saturated carbocycles. The molecule has 18 heavy (non-hydrogen) atoms. The lowest BCUT2D eigenvalue weighted by Crippen LogP contribution is -2.35. The number of rotatable bonds is 8. The monoisotopic (exact) mass is 255 g/mol. The second-order valence-electron chi connectivity index (χ2n) is 5.96. The first-order chi connectivity index (χ1) is 8.40. The molecule has 2 unspecified atom stereocenters. The number of nitrogens with one attached hydrogen (secondary N) is 1. The Morgan fingerprint density at radius 3 is 2.33 bits per heavy atom. The zero-order valence-corrected chi connectivity index (χ0v) is 11.6. The number of carboxylic acid groups (broad SMARTS) is 1. The summed E-state index contributed by atoms with van der Waals surface area (Å²) < 4.78 is 0. The Morgan fingerprint density at radius 2 is 1.89 bits per heavy atom. The van der Waals surface area contributed by atoms with Gasteiger partial charge in [-0.3, -0.25) is 9.59 Å². The van der Waals surface area contributed by atoms with E-state index >= 15 is 0 Å². The second-order valence-corrected chi connectivity index (χ2v) is 5.96. The highest BCUT2D eigenvalue weighted by atomic mass is 16.4. The molecule has 104 valence electrons. The van der Waals surface area contributed by atoms with Gasteiger partial charge in [0.25, 0.3) is 0 Å². The summed E-state index contributed by atoms with van der Waals surface area (Å²) in [5.41, 5.74) is 0. The van der Waals surface area contributed by atoms with E-state index in [9.17, 15) is 9.59 Å². The Labute approximate surface area is 109 Å². The molecule has 2 atom stereocenters. The minimum Gasteiger partial charge on any atom is -0.481 e. The topological polar surface area (TPSA) is 66.4 Å². The summed E-state index contributed by atoms with van der Waals surface area (Å²) in [6.07, 6.45) is 3.28. The van der Waals surface area contributed by atoms with Crippen molar-refractivity contribution in [2.75, 3.05) is 6.54 Å². The fraction of sp³-hybridized carbons (Fsp3) is 0.857. The van der Waals surface area contributed by atoms with Crippen LogP contribution in [0.2, 0.25) is 0 Å². The molecule has 0 aromatic carbocycles. The summed E-state index contributed by atoms with van der Waals surface area (Å²) in [6.45, 7) is 6.59. The molecule has 2 N–H and O–H groups in total. The highest BCUT2D eigenvalue weighted by Gasteiger charge is 2.32. The number of amides is 1. The molecule has 1 aliphatic carbocycles. The first kappa shape index (κ1) is 15.0. The van der Waals surface area contributed by atoms with E-state index in [0.29, 0.717) is 18.4 Å². The molecule has 0 aromatic heterocycles. The third-order valence-electron chi connectivity index (χ3n) is 3.58. The molecule has 4 heteroatoms. The molecule has 1 fully saturated rings. The van der Waals surface area contributed by atoms with Gasteiger partial charge < -0.3 is 10.4 Å². The quantitative estimate of drug-likeness (QED) is 0.699. The molecule has 0 saturated heterocycles. The largest absolute Gasteiger partial charge is 0.481 e. The van der Waals surface area contributed by atoms with Crippen LogP contribution in [0.25, 0.3) is 0 Å². The van der Waals surface area contributed by atoms with Crippen molar-refractivity contribution in [2.24, 2.45) is 23.7 Å². The van der Waals surface area contributed by atoms with Crippen LogP contribution in [-0.4, -0.2) is 23.5 Å². The Morgan fingerprint density at radius 1 is 1.28 bits per heavy atom. The van der Waals surface area contributed by atoms with Crippen molar-refractivity contribution in [3.8, 4) is 0 Å². The summed E-state index contributed by atoms with van der Waals surface area (Å²) >= 11 is 0. The van der Waals surface area contributed by atoms with Crippen molar-refractivity contribution in [3.05, 3.63) is 0 Å². The number of carbonyl (C=O) groups is 2. The Balaban J connectivity index is 2.34. The molecule has 0 bridgehead atoms. The fourth-order valence-corrected chi connectivity index (χ4v) is 2.37. The molecule has 1 aliphatic rings. The van der Waals surface area contributed by atoms with Gasteiger partial charge in [-0.2, -0.15) is 0 Å². The van der Waals surface area contributed by atoms with Gasteiger partial charge in [-0.25, -0.2) is 0 Å². The minimum absolute atomic E-state index is 0.0397. The second kappa shape index (κ2) is 6.76. The molecule has 0 spiro atoms. The van der Waals surface area contributed by atoms with Crippen LogP contribution < -0.4 is 5.32 Å². The van der Waals surface area contributed by atoms with Crippen LogP contribution in [0.3, 0.4) is 0 Å². The SMILES string of the molecule is CC(C)CC(CNC(=O)C(C)C1CC1)CC(=O)O. The summed E-state index contributed by atoms with van der Waals surface area (Å²) in [5, 5.41) is 11.8. The van der Waals surface area contributed by atoms with E-state index in [4.69, 9.17) is 5.11 Å². The van der Waals surface area contributed by atoms with Crippen molar-refractivity contribution in [3.63, 3.8) is 0 Å². The highest BCUT2D eigenvalue weighted by molar-refractivity contribution is 5.79. The van der Waals surface area contributed by atoms with E-state index in [1.807, 2.05) is 6.92 Å². The number of carbonyl (C=O) groups excluding carboxylic acids is 1. The van der Waals surface area contributed by atoms with E-state index in [2.05, 4.69) is 19.2 Å². The van der Waals surface area contributed by atoms with Crippen molar-refractivity contribution in [1.29, 1.82) is 0 Å². The molecule has 0 aromatic rings. The molecule has 0 aliphatic heterocycles. The van der Waals surface area contributed by atoms with E-state index < -0.39 is 5.97 Å².